The molecule has 7 aromatic rings. The summed E-state index contributed by atoms with van der Waals surface area (Å²) in [5.74, 6) is -1.64. The van der Waals surface area contributed by atoms with E-state index < -0.39 is 76.2 Å². The molecule has 0 aliphatic carbocycles. The number of aromatic nitrogens is 6. The predicted molar refractivity (Wildman–Crippen MR) is 240 cm³/mol. The molecule has 0 bridgehead atoms. The Labute approximate surface area is 393 Å². The lowest BCUT2D eigenvalue weighted by Crippen LogP contribution is -2.47. The number of H-pyrrole nitrogens is 1. The van der Waals surface area contributed by atoms with Crippen LogP contribution < -0.4 is 19.6 Å². The number of hydrogen-bond donors (Lipinski definition) is 1. The van der Waals surface area contributed by atoms with Crippen molar-refractivity contribution in [3.8, 4) is 0 Å². The maximum Gasteiger partial charge on any atom is 0.416 e. The summed E-state index contributed by atoms with van der Waals surface area (Å²) in [6.07, 6.45) is -8.24. The number of nitrogens with one attached hydrogen (secondary N) is 1. The lowest BCUT2D eigenvalue weighted by Gasteiger charge is -2.25. The van der Waals surface area contributed by atoms with Gasteiger partial charge in [0.05, 0.1) is 16.0 Å². The smallest absolute Gasteiger partial charge is 0.416 e. The number of alkyl halides is 6. The van der Waals surface area contributed by atoms with Crippen molar-refractivity contribution < 1.29 is 63.4 Å². The van der Waals surface area contributed by atoms with Crippen molar-refractivity contribution in [2.75, 3.05) is 46.9 Å². The number of carbonyl (C=O) groups is 4. The first-order valence-corrected chi connectivity index (χ1v) is 22.2. The van der Waals surface area contributed by atoms with Gasteiger partial charge in [0.25, 0.3) is 21.8 Å². The molecule has 2 fully saturated rings. The fourth-order valence-electron chi connectivity index (χ4n) is 7.55. The minimum absolute atomic E-state index is 0.00764. The van der Waals surface area contributed by atoms with Crippen LogP contribution in [0.2, 0.25) is 0 Å². The Bertz CT molecular complexity index is 3330. The zero-order valence-electron chi connectivity index (χ0n) is 37.3. The number of benzene rings is 1. The van der Waals surface area contributed by atoms with Crippen LogP contribution >= 0.6 is 0 Å². The van der Waals surface area contributed by atoms with E-state index in [1.54, 1.807) is 42.6 Å². The van der Waals surface area contributed by atoms with E-state index in [-0.39, 0.29) is 46.0 Å². The van der Waals surface area contributed by atoms with E-state index in [0.29, 0.717) is 22.9 Å². The van der Waals surface area contributed by atoms with Gasteiger partial charge in [0, 0.05) is 48.6 Å². The third kappa shape index (κ3) is 9.38. The van der Waals surface area contributed by atoms with Crippen molar-refractivity contribution in [3.63, 3.8) is 0 Å². The maximum atomic E-state index is 13.5. The number of anilines is 4. The number of ether oxygens (including phenoxy) is 2. The van der Waals surface area contributed by atoms with Crippen molar-refractivity contribution in [1.82, 2.24) is 28.9 Å². The molecule has 2 aliphatic rings. The van der Waals surface area contributed by atoms with Crippen LogP contribution in [0, 0.1) is 20.8 Å². The second-order valence-electron chi connectivity index (χ2n) is 16.0. The topological polar surface area (TPSA) is 206 Å². The lowest BCUT2D eigenvalue weighted by molar-refractivity contribution is -0.138. The first kappa shape index (κ1) is 48.4. The van der Waals surface area contributed by atoms with E-state index in [4.69, 9.17) is 9.47 Å². The molecule has 4 amide bonds. The number of rotatable bonds is 8. The summed E-state index contributed by atoms with van der Waals surface area (Å²) >= 11 is 0. The molecule has 6 aromatic heterocycles. The summed E-state index contributed by atoms with van der Waals surface area (Å²) in [6.45, 7) is 3.79. The Morgan fingerprint density at radius 3 is 1.64 bits per heavy atom. The van der Waals surface area contributed by atoms with Crippen LogP contribution in [0.4, 0.5) is 59.2 Å². The van der Waals surface area contributed by atoms with Gasteiger partial charge in [-0.25, -0.2) is 51.7 Å². The standard InChI is InChI=1S/C26H22F3N5O5S.C19H16F3N5O3/c1-15-4-7-19(8-5-15)40(37,38)33-11-10-17-6-9-21(31-23(17)33)32(3)24(35)20-14-39-25(36)34(20)22-13-18(26(27,28)29)12-16(2)30-22;1-10-7-12(19(20,21)22)8-15(24-10)27-13(9-30-18(27)29)17(28)26(2)14-4-3-11-5-6-23-16(11)25-14/h4-13,20H,14H2,1-3H3;3-8,13H,9H2,1-2H3,(H,23,25)/t20-;13-/m00/s1. The third-order valence-electron chi connectivity index (χ3n) is 11.2. The summed E-state index contributed by atoms with van der Waals surface area (Å²) in [5, 5.41) is 1.34. The number of nitrogens with zero attached hydrogens (tertiary/aromatic N) is 9. The molecule has 8 heterocycles. The lowest BCUT2D eigenvalue weighted by atomic mass is 10.2. The van der Waals surface area contributed by atoms with Crippen molar-refractivity contribution in [1.29, 1.82) is 0 Å². The van der Waals surface area contributed by atoms with Gasteiger partial charge in [-0.1, -0.05) is 17.7 Å². The Morgan fingerprint density at radius 2 is 1.14 bits per heavy atom. The second kappa shape index (κ2) is 18.1. The molecule has 1 N–H and O–H groups in total. The minimum atomic E-state index is -4.70. The van der Waals surface area contributed by atoms with Crippen molar-refractivity contribution in [2.45, 2.75) is 50.1 Å². The van der Waals surface area contributed by atoms with E-state index in [9.17, 15) is 53.9 Å². The number of hydrogen-bond acceptors (Lipinski definition) is 12. The number of carbonyl (C=O) groups excluding carboxylic acids is 4. The van der Waals surface area contributed by atoms with E-state index in [0.717, 1.165) is 47.8 Å². The molecule has 70 heavy (non-hydrogen) atoms. The fraction of sp³-hybridized carbons (Fsp3) is 0.244. The number of aryl methyl sites for hydroxylation is 3. The second-order valence-corrected chi connectivity index (χ2v) is 17.8. The summed E-state index contributed by atoms with van der Waals surface area (Å²) in [7, 11) is -1.20. The van der Waals surface area contributed by atoms with Crippen LogP contribution in [0.5, 0.6) is 0 Å². The molecular formula is C45H38F6N10O8S. The monoisotopic (exact) mass is 992 g/mol. The highest BCUT2D eigenvalue weighted by Crippen LogP contribution is 2.36. The number of likely N-dealkylation sites (N-methyl/N-ethyl adjacent to an activating group) is 2. The zero-order chi connectivity index (χ0) is 50.6. The molecule has 364 valence electrons. The van der Waals surface area contributed by atoms with Gasteiger partial charge in [-0.15, -0.1) is 0 Å². The van der Waals surface area contributed by atoms with E-state index >= 15 is 0 Å². The molecule has 2 saturated heterocycles. The summed E-state index contributed by atoms with van der Waals surface area (Å²) in [4.78, 5) is 75.0. The molecule has 18 nitrogen and oxygen atoms in total. The molecule has 0 radical (unpaired) electrons. The Balaban J connectivity index is 0.000000196. The summed E-state index contributed by atoms with van der Waals surface area (Å²) in [5.41, 5.74) is -0.443. The molecule has 1 aromatic carbocycles. The Hall–Kier alpha value is -8.09. The third-order valence-corrected chi connectivity index (χ3v) is 12.8. The average Bonchev–Trinajstić information content (AvgIpc) is 4.13. The van der Waals surface area contributed by atoms with Crippen molar-refractivity contribution in [2.24, 2.45) is 0 Å². The maximum absolute atomic E-state index is 13.5. The highest BCUT2D eigenvalue weighted by atomic mass is 32.2. The summed E-state index contributed by atoms with van der Waals surface area (Å²) < 4.78 is 117. The van der Waals surface area contributed by atoms with Crippen LogP contribution in [-0.2, 0) is 41.4 Å². The van der Waals surface area contributed by atoms with Crippen molar-refractivity contribution >= 4 is 79.4 Å². The van der Waals surface area contributed by atoms with E-state index in [1.165, 1.54) is 57.2 Å². The minimum Gasteiger partial charge on any atom is -0.446 e. The first-order valence-electron chi connectivity index (χ1n) is 20.8. The van der Waals surface area contributed by atoms with Crippen molar-refractivity contribution in [3.05, 3.63) is 125 Å². The highest BCUT2D eigenvalue weighted by Gasteiger charge is 2.45. The molecule has 2 atom stereocenters. The van der Waals surface area contributed by atoms with Gasteiger partial charge in [-0.3, -0.25) is 19.4 Å². The van der Waals surface area contributed by atoms with Gasteiger partial charge in [0.15, 0.2) is 17.7 Å². The Kier molecular flexibility index (Phi) is 12.5. The molecule has 9 rings (SSSR count). The predicted octanol–water partition coefficient (Wildman–Crippen LogP) is 7.57. The van der Waals surface area contributed by atoms with Gasteiger partial charge in [0.2, 0.25) is 0 Å². The molecule has 0 spiro atoms. The van der Waals surface area contributed by atoms with Gasteiger partial charge >= 0.3 is 24.5 Å². The average molecular weight is 993 g/mol. The van der Waals surface area contributed by atoms with Gasteiger partial charge in [-0.2, -0.15) is 26.3 Å². The molecule has 2 aliphatic heterocycles. The summed E-state index contributed by atoms with van der Waals surface area (Å²) in [6, 6.07) is 16.7. The van der Waals surface area contributed by atoms with Crippen LogP contribution in [0.1, 0.15) is 28.1 Å². The zero-order valence-corrected chi connectivity index (χ0v) is 38.1. The first-order chi connectivity index (χ1) is 32.9. The molecular weight excluding hydrogens is 955 g/mol. The number of fused-ring (bicyclic) bond motifs is 2. The van der Waals surface area contributed by atoms with Crippen LogP contribution in [0.15, 0.2) is 102 Å². The highest BCUT2D eigenvalue weighted by molar-refractivity contribution is 7.90. The van der Waals surface area contributed by atoms with E-state index in [2.05, 4.69) is 24.9 Å². The number of aromatic amines is 1. The number of pyridine rings is 4. The molecule has 0 saturated carbocycles. The normalized spacial score (nSPS) is 16.3. The fourth-order valence-corrected chi connectivity index (χ4v) is 8.85. The van der Waals surface area contributed by atoms with Crippen LogP contribution in [0.25, 0.3) is 22.1 Å². The molecule has 25 heteroatoms. The van der Waals surface area contributed by atoms with Gasteiger partial charge < -0.3 is 14.5 Å². The number of cyclic esters (lactones) is 2. The number of amides is 4. The number of halogens is 6. The van der Waals surface area contributed by atoms with Crippen LogP contribution in [0.3, 0.4) is 0 Å². The van der Waals surface area contributed by atoms with E-state index in [1.807, 2.05) is 13.0 Å². The van der Waals surface area contributed by atoms with Gasteiger partial charge in [0.1, 0.15) is 42.1 Å². The largest absolute Gasteiger partial charge is 0.446 e. The SMILES string of the molecule is Cc1cc(C(F)(F)F)cc(N2C(=O)OC[C@H]2C(=O)N(C)c2ccc3cc[nH]c3n2)n1.Cc1ccc(S(=O)(=O)n2ccc3ccc(N(C)C(=O)[C@@H]4COC(=O)N4c4cc(C(F)(F)F)cc(C)n4)nc32)cc1. The van der Waals surface area contributed by atoms with Crippen LogP contribution in [-0.4, -0.2) is 101 Å². The van der Waals surface area contributed by atoms with Gasteiger partial charge in [-0.05, 0) is 93.6 Å². The molecule has 0 unspecified atom stereocenters. The Morgan fingerprint density at radius 1 is 0.657 bits per heavy atom. The quantitative estimate of drug-likeness (QED) is 0.146.